The van der Waals surface area contributed by atoms with Crippen molar-refractivity contribution in [1.82, 2.24) is 5.32 Å². The zero-order valence-electron chi connectivity index (χ0n) is 12.1. The second-order valence-electron chi connectivity index (χ2n) is 5.07. The summed E-state index contributed by atoms with van der Waals surface area (Å²) in [5.41, 5.74) is 0. The van der Waals surface area contributed by atoms with Gasteiger partial charge in [0.15, 0.2) is 6.29 Å². The molecule has 18 heavy (non-hydrogen) atoms. The predicted molar refractivity (Wildman–Crippen MR) is 68.1 cm³/mol. The summed E-state index contributed by atoms with van der Waals surface area (Å²) >= 11 is 0. The van der Waals surface area contributed by atoms with E-state index >= 15 is 0 Å². The Kier molecular flexibility index (Phi) is 5.56. The van der Waals surface area contributed by atoms with Crippen LogP contribution in [-0.2, 0) is 19.0 Å². The minimum Gasteiger partial charge on any atom is -0.374 e. The molecule has 106 valence electrons. The Morgan fingerprint density at radius 2 is 1.72 bits per heavy atom. The fraction of sp³-hybridized carbons (Fsp3) is 0.923. The van der Waals surface area contributed by atoms with Crippen LogP contribution in [0.3, 0.4) is 0 Å². The van der Waals surface area contributed by atoms with Crippen molar-refractivity contribution in [2.75, 3.05) is 14.2 Å². The first-order chi connectivity index (χ1) is 8.42. The van der Waals surface area contributed by atoms with Crippen LogP contribution in [0.2, 0.25) is 0 Å². The van der Waals surface area contributed by atoms with E-state index in [4.69, 9.17) is 14.2 Å². The molecule has 1 aliphatic rings. The molecule has 1 fully saturated rings. The quantitative estimate of drug-likeness (QED) is 0.753. The highest BCUT2D eigenvalue weighted by molar-refractivity contribution is 5.80. The van der Waals surface area contributed by atoms with E-state index in [0.717, 1.165) is 0 Å². The Morgan fingerprint density at radius 1 is 1.17 bits per heavy atom. The van der Waals surface area contributed by atoms with Crippen molar-refractivity contribution in [2.45, 2.75) is 52.2 Å². The highest BCUT2D eigenvalue weighted by Gasteiger charge is 2.42. The lowest BCUT2D eigenvalue weighted by molar-refractivity contribution is -0.140. The van der Waals surface area contributed by atoms with Gasteiger partial charge in [-0.15, -0.1) is 0 Å². The first kappa shape index (κ1) is 15.4. The maximum atomic E-state index is 12.3. The molecule has 1 heterocycles. The van der Waals surface area contributed by atoms with Crippen molar-refractivity contribution in [2.24, 2.45) is 11.8 Å². The third-order valence-electron chi connectivity index (χ3n) is 3.79. The van der Waals surface area contributed by atoms with Crippen molar-refractivity contribution < 1.29 is 19.0 Å². The van der Waals surface area contributed by atoms with Gasteiger partial charge in [-0.3, -0.25) is 4.79 Å². The van der Waals surface area contributed by atoms with Gasteiger partial charge in [0.05, 0.1) is 24.2 Å². The number of methoxy groups -OCH3 is 2. The lowest BCUT2D eigenvalue weighted by Gasteiger charge is -2.25. The summed E-state index contributed by atoms with van der Waals surface area (Å²) in [6.07, 6.45) is -0.364. The molecule has 1 saturated heterocycles. The standard InChI is InChI=1S/C13H25NO4/c1-7-9(3)18-10(4)11(7)12(15)14-8(2)13(16-5)17-6/h7-11,13H,1-6H3,(H,14,15). The van der Waals surface area contributed by atoms with Gasteiger partial charge in [0, 0.05) is 14.2 Å². The average molecular weight is 259 g/mol. The zero-order valence-corrected chi connectivity index (χ0v) is 12.1. The number of nitrogens with one attached hydrogen (secondary N) is 1. The molecule has 0 aromatic carbocycles. The van der Waals surface area contributed by atoms with Gasteiger partial charge in [-0.1, -0.05) is 6.92 Å². The molecule has 5 heteroatoms. The van der Waals surface area contributed by atoms with E-state index in [9.17, 15) is 4.79 Å². The van der Waals surface area contributed by atoms with Gasteiger partial charge < -0.3 is 19.5 Å². The fourth-order valence-corrected chi connectivity index (χ4v) is 2.61. The molecular weight excluding hydrogens is 234 g/mol. The Labute approximate surface area is 109 Å². The Bertz CT molecular complexity index is 280. The number of amides is 1. The molecule has 0 aromatic rings. The molecule has 5 atom stereocenters. The van der Waals surface area contributed by atoms with Gasteiger partial charge in [-0.25, -0.2) is 0 Å². The van der Waals surface area contributed by atoms with Gasteiger partial charge in [-0.05, 0) is 26.7 Å². The largest absolute Gasteiger partial charge is 0.374 e. The highest BCUT2D eigenvalue weighted by Crippen LogP contribution is 2.32. The monoisotopic (exact) mass is 259 g/mol. The molecule has 0 aliphatic carbocycles. The van der Waals surface area contributed by atoms with E-state index in [-0.39, 0.29) is 36.0 Å². The molecule has 1 rings (SSSR count). The number of carbonyl (C=O) groups excluding carboxylic acids is 1. The second kappa shape index (κ2) is 6.50. The van der Waals surface area contributed by atoms with Gasteiger partial charge >= 0.3 is 0 Å². The molecule has 1 N–H and O–H groups in total. The van der Waals surface area contributed by atoms with Crippen molar-refractivity contribution in [1.29, 1.82) is 0 Å². The van der Waals surface area contributed by atoms with Crippen LogP contribution in [0.15, 0.2) is 0 Å². The fourth-order valence-electron chi connectivity index (χ4n) is 2.61. The summed E-state index contributed by atoms with van der Waals surface area (Å²) in [7, 11) is 3.12. The summed E-state index contributed by atoms with van der Waals surface area (Å²) in [6, 6.07) is -0.192. The van der Waals surface area contributed by atoms with Crippen LogP contribution in [0.1, 0.15) is 27.7 Å². The van der Waals surface area contributed by atoms with Crippen LogP contribution in [0, 0.1) is 11.8 Å². The maximum absolute atomic E-state index is 12.3. The van der Waals surface area contributed by atoms with Crippen LogP contribution in [0.5, 0.6) is 0 Å². The van der Waals surface area contributed by atoms with Crippen LogP contribution >= 0.6 is 0 Å². The number of ether oxygens (including phenoxy) is 3. The minimum atomic E-state index is -0.431. The van der Waals surface area contributed by atoms with Crippen LogP contribution in [0.25, 0.3) is 0 Å². The lowest BCUT2D eigenvalue weighted by Crippen LogP contribution is -2.47. The van der Waals surface area contributed by atoms with Crippen molar-refractivity contribution >= 4 is 5.91 Å². The van der Waals surface area contributed by atoms with Gasteiger partial charge in [0.2, 0.25) is 5.91 Å². The van der Waals surface area contributed by atoms with E-state index in [1.165, 1.54) is 0 Å². The summed E-state index contributed by atoms with van der Waals surface area (Å²) in [5.74, 6) is 0.110. The van der Waals surface area contributed by atoms with Gasteiger partial charge in [-0.2, -0.15) is 0 Å². The molecule has 0 radical (unpaired) electrons. The van der Waals surface area contributed by atoms with E-state index in [1.54, 1.807) is 14.2 Å². The van der Waals surface area contributed by atoms with Crippen molar-refractivity contribution in [3.05, 3.63) is 0 Å². The van der Waals surface area contributed by atoms with E-state index in [2.05, 4.69) is 5.32 Å². The van der Waals surface area contributed by atoms with E-state index < -0.39 is 6.29 Å². The summed E-state index contributed by atoms with van der Waals surface area (Å²) in [4.78, 5) is 12.3. The number of hydrogen-bond donors (Lipinski definition) is 1. The Hall–Kier alpha value is -0.650. The average Bonchev–Trinajstić information content (AvgIpc) is 2.54. The SMILES string of the molecule is COC(OC)C(C)NC(=O)C1C(C)OC(C)C1C. The van der Waals surface area contributed by atoms with Gasteiger partial charge in [0.1, 0.15) is 0 Å². The van der Waals surface area contributed by atoms with Crippen molar-refractivity contribution in [3.8, 4) is 0 Å². The lowest BCUT2D eigenvalue weighted by atomic mass is 9.88. The zero-order chi connectivity index (χ0) is 13.9. The molecule has 1 amide bonds. The number of hydrogen-bond acceptors (Lipinski definition) is 4. The van der Waals surface area contributed by atoms with Crippen molar-refractivity contribution in [3.63, 3.8) is 0 Å². The molecule has 5 unspecified atom stereocenters. The molecule has 0 spiro atoms. The smallest absolute Gasteiger partial charge is 0.226 e. The molecule has 0 saturated carbocycles. The third kappa shape index (κ3) is 3.22. The first-order valence-electron chi connectivity index (χ1n) is 6.43. The molecule has 5 nitrogen and oxygen atoms in total. The number of rotatable bonds is 5. The number of carbonyl (C=O) groups is 1. The van der Waals surface area contributed by atoms with Crippen LogP contribution in [-0.4, -0.2) is 44.7 Å². The molecule has 1 aliphatic heterocycles. The summed E-state index contributed by atoms with van der Waals surface area (Å²) < 4.78 is 15.9. The Morgan fingerprint density at radius 3 is 2.11 bits per heavy atom. The Balaban J connectivity index is 2.60. The molecular formula is C13H25NO4. The summed E-state index contributed by atoms with van der Waals surface area (Å²) in [5, 5.41) is 2.94. The minimum absolute atomic E-state index is 0.00551. The topological polar surface area (TPSA) is 56.8 Å². The van der Waals surface area contributed by atoms with Crippen LogP contribution in [0.4, 0.5) is 0 Å². The third-order valence-corrected chi connectivity index (χ3v) is 3.79. The van der Waals surface area contributed by atoms with E-state index in [1.807, 2.05) is 27.7 Å². The molecule has 0 bridgehead atoms. The van der Waals surface area contributed by atoms with Gasteiger partial charge in [0.25, 0.3) is 0 Å². The normalized spacial score (nSPS) is 33.7. The second-order valence-corrected chi connectivity index (χ2v) is 5.07. The first-order valence-corrected chi connectivity index (χ1v) is 6.43. The molecule has 0 aromatic heterocycles. The van der Waals surface area contributed by atoms with Crippen LogP contribution < -0.4 is 5.32 Å². The predicted octanol–water partition coefficient (Wildman–Crippen LogP) is 1.17. The summed E-state index contributed by atoms with van der Waals surface area (Å²) in [6.45, 7) is 7.86. The van der Waals surface area contributed by atoms with E-state index in [0.29, 0.717) is 0 Å². The highest BCUT2D eigenvalue weighted by atomic mass is 16.7. The maximum Gasteiger partial charge on any atom is 0.226 e.